The highest BCUT2D eigenvalue weighted by molar-refractivity contribution is 7.25. The van der Waals surface area contributed by atoms with Crippen LogP contribution >= 0.6 is 11.3 Å². The van der Waals surface area contributed by atoms with Crippen LogP contribution in [0, 0.1) is 22.7 Å². The van der Waals surface area contributed by atoms with Gasteiger partial charge >= 0.3 is 0 Å². The smallest absolute Gasteiger partial charge is 0.0998 e. The van der Waals surface area contributed by atoms with Crippen molar-refractivity contribution in [2.45, 2.75) is 0 Å². The van der Waals surface area contributed by atoms with Crippen molar-refractivity contribution in [1.82, 2.24) is 4.57 Å². The third-order valence-corrected chi connectivity index (χ3v) is 8.02. The molecule has 0 amide bonds. The second kappa shape index (κ2) is 7.82. The van der Waals surface area contributed by atoms with Crippen molar-refractivity contribution >= 4 is 53.3 Å². The lowest BCUT2D eigenvalue weighted by molar-refractivity contribution is 1.19. The number of hydrogen-bond acceptors (Lipinski definition) is 3. The van der Waals surface area contributed by atoms with E-state index < -0.39 is 0 Å². The maximum Gasteiger partial charge on any atom is 0.0998 e. The van der Waals surface area contributed by atoms with Gasteiger partial charge in [0.2, 0.25) is 0 Å². The van der Waals surface area contributed by atoms with Gasteiger partial charge in [-0.2, -0.15) is 10.5 Å². The minimum Gasteiger partial charge on any atom is -0.309 e. The Balaban J connectivity index is 1.51. The first-order valence-electron chi connectivity index (χ1n) is 11.7. The lowest BCUT2D eigenvalue weighted by Gasteiger charge is -2.10. The Morgan fingerprint density at radius 3 is 2.06 bits per heavy atom. The number of fused-ring (bicyclic) bond motifs is 6. The van der Waals surface area contributed by atoms with Crippen molar-refractivity contribution in [2.24, 2.45) is 0 Å². The van der Waals surface area contributed by atoms with E-state index in [1.54, 1.807) is 18.2 Å². The number of nitrogens with zero attached hydrogens (tertiary/aromatic N) is 3. The summed E-state index contributed by atoms with van der Waals surface area (Å²) in [5.41, 5.74) is 5.90. The Hall–Kier alpha value is -4.90. The Labute approximate surface area is 211 Å². The fourth-order valence-electron chi connectivity index (χ4n) is 5.31. The predicted molar refractivity (Wildman–Crippen MR) is 149 cm³/mol. The molecule has 0 saturated heterocycles. The van der Waals surface area contributed by atoms with Crippen molar-refractivity contribution in [3.8, 4) is 29.0 Å². The van der Waals surface area contributed by atoms with E-state index in [2.05, 4.69) is 95.6 Å². The normalized spacial score (nSPS) is 11.3. The molecule has 3 nitrogen and oxygen atoms in total. The topological polar surface area (TPSA) is 52.5 Å². The third kappa shape index (κ3) is 2.89. The average molecular weight is 476 g/mol. The van der Waals surface area contributed by atoms with Gasteiger partial charge < -0.3 is 4.57 Å². The summed E-state index contributed by atoms with van der Waals surface area (Å²) in [5.74, 6) is 0. The Morgan fingerprint density at radius 1 is 0.556 bits per heavy atom. The maximum atomic E-state index is 9.71. The zero-order valence-corrected chi connectivity index (χ0v) is 19.9. The Bertz CT molecular complexity index is 2050. The van der Waals surface area contributed by atoms with Gasteiger partial charge in [0.1, 0.15) is 0 Å². The minimum absolute atomic E-state index is 0.507. The molecular formula is C32H17N3S. The molecule has 0 radical (unpaired) electrons. The van der Waals surface area contributed by atoms with Crippen LogP contribution < -0.4 is 0 Å². The van der Waals surface area contributed by atoms with Crippen LogP contribution in [0.3, 0.4) is 0 Å². The maximum absolute atomic E-state index is 9.71. The molecule has 0 aliphatic rings. The van der Waals surface area contributed by atoms with Crippen LogP contribution in [0.5, 0.6) is 0 Å². The van der Waals surface area contributed by atoms with Gasteiger partial charge in [-0.3, -0.25) is 0 Å². The Morgan fingerprint density at radius 2 is 1.25 bits per heavy atom. The molecule has 7 aromatic rings. The molecule has 0 saturated carbocycles. The lowest BCUT2D eigenvalue weighted by Crippen LogP contribution is -1.94. The van der Waals surface area contributed by atoms with Crippen LogP contribution in [0.1, 0.15) is 11.1 Å². The first-order valence-corrected chi connectivity index (χ1v) is 12.5. The van der Waals surface area contributed by atoms with Gasteiger partial charge in [-0.25, -0.2) is 0 Å². The van der Waals surface area contributed by atoms with Gasteiger partial charge in [0.15, 0.2) is 0 Å². The highest BCUT2D eigenvalue weighted by Crippen LogP contribution is 2.39. The molecule has 2 aromatic heterocycles. The van der Waals surface area contributed by atoms with Gasteiger partial charge in [0.25, 0.3) is 0 Å². The van der Waals surface area contributed by atoms with E-state index in [4.69, 9.17) is 0 Å². The van der Waals surface area contributed by atoms with E-state index in [1.807, 2.05) is 17.4 Å². The van der Waals surface area contributed by atoms with Crippen LogP contribution in [0.25, 0.3) is 58.8 Å². The summed E-state index contributed by atoms with van der Waals surface area (Å²) in [7, 11) is 0. The first kappa shape index (κ1) is 20.5. The average Bonchev–Trinajstić information content (AvgIpc) is 3.47. The van der Waals surface area contributed by atoms with Crippen LogP contribution in [-0.2, 0) is 0 Å². The number of benzene rings is 5. The summed E-state index contributed by atoms with van der Waals surface area (Å²) in [6.07, 6.45) is 0. The highest BCUT2D eigenvalue weighted by atomic mass is 32.1. The monoisotopic (exact) mass is 475 g/mol. The van der Waals surface area contributed by atoms with Crippen LogP contribution in [0.15, 0.2) is 103 Å². The van der Waals surface area contributed by atoms with Crippen molar-refractivity contribution in [2.75, 3.05) is 0 Å². The predicted octanol–water partition coefficient (Wildman–Crippen LogP) is 8.56. The molecule has 166 valence electrons. The second-order valence-corrected chi connectivity index (χ2v) is 9.90. The lowest BCUT2D eigenvalue weighted by atomic mass is 9.94. The third-order valence-electron chi connectivity index (χ3n) is 6.89. The zero-order valence-electron chi connectivity index (χ0n) is 19.1. The molecule has 0 spiro atoms. The van der Waals surface area contributed by atoms with Gasteiger partial charge in [0, 0.05) is 42.2 Å². The van der Waals surface area contributed by atoms with Crippen LogP contribution in [0.4, 0.5) is 0 Å². The quantitative estimate of drug-likeness (QED) is 0.251. The SMILES string of the molecule is N#Cc1cccc(C#N)c1-c1ccc2c(c1)c1ccccc1n2-c1ccc2c(c1)sc1ccccc12. The molecule has 7 rings (SSSR count). The van der Waals surface area contributed by atoms with Gasteiger partial charge in [-0.05, 0) is 54.1 Å². The van der Waals surface area contributed by atoms with Gasteiger partial charge in [-0.15, -0.1) is 11.3 Å². The van der Waals surface area contributed by atoms with E-state index in [0.29, 0.717) is 16.7 Å². The summed E-state index contributed by atoms with van der Waals surface area (Å²) >= 11 is 1.82. The van der Waals surface area contributed by atoms with Crippen LogP contribution in [-0.4, -0.2) is 4.57 Å². The van der Waals surface area contributed by atoms with Crippen molar-refractivity contribution in [3.63, 3.8) is 0 Å². The van der Waals surface area contributed by atoms with E-state index >= 15 is 0 Å². The molecule has 0 bridgehead atoms. The summed E-state index contributed by atoms with van der Waals surface area (Å²) in [5, 5.41) is 24.2. The molecule has 2 heterocycles. The molecule has 0 N–H and O–H groups in total. The molecule has 36 heavy (non-hydrogen) atoms. The summed E-state index contributed by atoms with van der Waals surface area (Å²) in [6, 6.07) is 39.7. The van der Waals surface area contributed by atoms with E-state index in [9.17, 15) is 10.5 Å². The molecule has 0 aliphatic carbocycles. The van der Waals surface area contributed by atoms with Crippen molar-refractivity contribution in [3.05, 3.63) is 114 Å². The summed E-state index contributed by atoms with van der Waals surface area (Å²) in [6.45, 7) is 0. The van der Waals surface area contributed by atoms with E-state index in [0.717, 1.165) is 33.1 Å². The van der Waals surface area contributed by atoms with E-state index in [1.165, 1.54) is 20.2 Å². The fraction of sp³-hybridized carbons (Fsp3) is 0. The molecule has 0 atom stereocenters. The number of nitriles is 2. The second-order valence-electron chi connectivity index (χ2n) is 8.81. The fourth-order valence-corrected chi connectivity index (χ4v) is 6.45. The molecule has 4 heteroatoms. The minimum atomic E-state index is 0.507. The number of para-hydroxylation sites is 1. The number of rotatable bonds is 2. The van der Waals surface area contributed by atoms with Gasteiger partial charge in [-0.1, -0.05) is 54.6 Å². The number of thiophene rings is 1. The molecule has 0 fully saturated rings. The first-order chi connectivity index (χ1) is 17.8. The highest BCUT2D eigenvalue weighted by Gasteiger charge is 2.17. The zero-order chi connectivity index (χ0) is 24.2. The standard InChI is InChI=1S/C32H17N3S/c33-18-21-6-5-7-22(19-34)32(21)20-12-15-29-27(16-20)24-8-1-3-10-28(24)35(29)23-13-14-26-25-9-2-4-11-30(25)36-31(26)17-23/h1-17H. The number of hydrogen-bond donors (Lipinski definition) is 0. The molecule has 0 unspecified atom stereocenters. The van der Waals surface area contributed by atoms with Crippen LogP contribution in [0.2, 0.25) is 0 Å². The number of aromatic nitrogens is 1. The van der Waals surface area contributed by atoms with E-state index in [-0.39, 0.29) is 0 Å². The van der Waals surface area contributed by atoms with Crippen molar-refractivity contribution in [1.29, 1.82) is 10.5 Å². The molecule has 5 aromatic carbocycles. The summed E-state index contributed by atoms with van der Waals surface area (Å²) < 4.78 is 4.86. The summed E-state index contributed by atoms with van der Waals surface area (Å²) in [4.78, 5) is 0. The molecule has 0 aliphatic heterocycles. The van der Waals surface area contributed by atoms with Gasteiger partial charge in [0.05, 0.1) is 34.3 Å². The largest absolute Gasteiger partial charge is 0.309 e. The van der Waals surface area contributed by atoms with Crippen molar-refractivity contribution < 1.29 is 0 Å². The molecular weight excluding hydrogens is 458 g/mol. The Kier molecular flexibility index (Phi) is 4.45.